The second kappa shape index (κ2) is 7.31. The number of hydrogen-bond donors (Lipinski definition) is 2. The third kappa shape index (κ3) is 3.75. The third-order valence-corrected chi connectivity index (χ3v) is 5.36. The van der Waals surface area contributed by atoms with Crippen molar-refractivity contribution >= 4 is 23.4 Å². The van der Waals surface area contributed by atoms with E-state index in [-0.39, 0.29) is 11.9 Å². The van der Waals surface area contributed by atoms with Crippen LogP contribution in [0.3, 0.4) is 0 Å². The molecule has 0 saturated heterocycles. The summed E-state index contributed by atoms with van der Waals surface area (Å²) >= 11 is 1.73. The average molecular weight is 340 g/mol. The number of amides is 1. The molecule has 0 heterocycles. The molecule has 3 rings (SSSR count). The molecule has 24 heavy (non-hydrogen) atoms. The number of anilines is 1. The van der Waals surface area contributed by atoms with Crippen LogP contribution in [0.25, 0.3) is 0 Å². The predicted octanol–water partition coefficient (Wildman–Crippen LogP) is 4.58. The molecular weight excluding hydrogens is 316 g/mol. The summed E-state index contributed by atoms with van der Waals surface area (Å²) in [6.45, 7) is 4.28. The number of nitrogens with one attached hydrogen (secondary N) is 1. The van der Waals surface area contributed by atoms with Crippen LogP contribution in [0.4, 0.5) is 5.69 Å². The fourth-order valence-corrected chi connectivity index (χ4v) is 4.18. The number of hydrogen-bond acceptors (Lipinski definition) is 3. The summed E-state index contributed by atoms with van der Waals surface area (Å²) in [5, 5.41) is 3.67. The number of nitrogens with two attached hydrogens (primary N) is 1. The summed E-state index contributed by atoms with van der Waals surface area (Å²) in [6, 6.07) is 13.9. The Morgan fingerprint density at radius 2 is 2.04 bits per heavy atom. The highest BCUT2D eigenvalue weighted by Crippen LogP contribution is 2.32. The van der Waals surface area contributed by atoms with Crippen molar-refractivity contribution in [2.24, 2.45) is 0 Å². The maximum Gasteiger partial charge on any atom is 0.252 e. The van der Waals surface area contributed by atoms with Crippen LogP contribution < -0.4 is 11.1 Å². The molecule has 1 atom stereocenters. The monoisotopic (exact) mass is 340 g/mol. The van der Waals surface area contributed by atoms with Crippen molar-refractivity contribution in [1.29, 1.82) is 0 Å². The molecule has 1 unspecified atom stereocenters. The van der Waals surface area contributed by atoms with Crippen LogP contribution >= 0.6 is 11.8 Å². The number of thioether (sulfide) groups is 1. The van der Waals surface area contributed by atoms with E-state index >= 15 is 0 Å². The lowest BCUT2D eigenvalue weighted by atomic mass is 9.87. The molecule has 0 aromatic heterocycles. The fraction of sp³-hybridized carbons (Fsp3) is 0.350. The highest BCUT2D eigenvalue weighted by atomic mass is 32.2. The Morgan fingerprint density at radius 1 is 1.25 bits per heavy atom. The fourth-order valence-electron chi connectivity index (χ4n) is 3.23. The molecule has 2 aromatic rings. The lowest BCUT2D eigenvalue weighted by Crippen LogP contribution is -2.31. The van der Waals surface area contributed by atoms with Crippen LogP contribution in [-0.2, 0) is 6.42 Å². The van der Waals surface area contributed by atoms with E-state index in [0.717, 1.165) is 35.4 Å². The van der Waals surface area contributed by atoms with Gasteiger partial charge in [0.25, 0.3) is 5.91 Å². The van der Waals surface area contributed by atoms with Gasteiger partial charge in [-0.3, -0.25) is 4.79 Å². The number of aryl methyl sites for hydroxylation is 1. The maximum absolute atomic E-state index is 12.8. The van der Waals surface area contributed by atoms with Crippen molar-refractivity contribution in [3.63, 3.8) is 0 Å². The Kier molecular flexibility index (Phi) is 5.14. The highest BCUT2D eigenvalue weighted by molar-refractivity contribution is 8.00. The number of carbonyl (C=O) groups excluding carboxylic acids is 1. The molecule has 4 heteroatoms. The normalized spacial score (nSPS) is 16.7. The minimum Gasteiger partial charge on any atom is -0.399 e. The van der Waals surface area contributed by atoms with Crippen molar-refractivity contribution < 1.29 is 4.79 Å². The summed E-state index contributed by atoms with van der Waals surface area (Å²) in [5.41, 5.74) is 9.92. The molecule has 0 fully saturated rings. The second-order valence-corrected chi connectivity index (χ2v) is 8.16. The molecule has 0 bridgehead atoms. The molecule has 0 spiro atoms. The van der Waals surface area contributed by atoms with Gasteiger partial charge in [-0.25, -0.2) is 0 Å². The van der Waals surface area contributed by atoms with E-state index in [1.165, 1.54) is 11.1 Å². The lowest BCUT2D eigenvalue weighted by molar-refractivity contribution is 0.0930. The average Bonchev–Trinajstić information content (AvgIpc) is 2.54. The van der Waals surface area contributed by atoms with Crippen LogP contribution in [-0.4, -0.2) is 11.2 Å². The second-order valence-electron chi connectivity index (χ2n) is 6.54. The Morgan fingerprint density at radius 3 is 2.83 bits per heavy atom. The van der Waals surface area contributed by atoms with E-state index in [4.69, 9.17) is 5.73 Å². The highest BCUT2D eigenvalue weighted by Gasteiger charge is 2.23. The molecule has 1 amide bonds. The Balaban J connectivity index is 1.82. The van der Waals surface area contributed by atoms with Gasteiger partial charge in [-0.1, -0.05) is 32.0 Å². The number of benzene rings is 2. The van der Waals surface area contributed by atoms with Crippen molar-refractivity contribution in [1.82, 2.24) is 5.32 Å². The van der Waals surface area contributed by atoms with Gasteiger partial charge >= 0.3 is 0 Å². The first-order chi connectivity index (χ1) is 11.5. The van der Waals surface area contributed by atoms with E-state index in [1.807, 2.05) is 36.4 Å². The first kappa shape index (κ1) is 16.9. The molecule has 0 saturated carbocycles. The van der Waals surface area contributed by atoms with E-state index in [9.17, 15) is 4.79 Å². The number of fused-ring (bicyclic) bond motifs is 1. The topological polar surface area (TPSA) is 55.1 Å². The Bertz CT molecular complexity index is 742. The summed E-state index contributed by atoms with van der Waals surface area (Å²) < 4.78 is 0. The zero-order valence-electron chi connectivity index (χ0n) is 14.2. The minimum atomic E-state index is 0.00780. The first-order valence-electron chi connectivity index (χ1n) is 8.49. The molecular formula is C20H24N2OS. The Labute approximate surface area is 148 Å². The van der Waals surface area contributed by atoms with Gasteiger partial charge in [-0.05, 0) is 54.7 Å². The first-order valence-corrected chi connectivity index (χ1v) is 9.37. The third-order valence-electron chi connectivity index (χ3n) is 4.28. The van der Waals surface area contributed by atoms with Gasteiger partial charge in [0.15, 0.2) is 0 Å². The minimum absolute atomic E-state index is 0.00780. The van der Waals surface area contributed by atoms with Gasteiger partial charge in [0, 0.05) is 15.8 Å². The summed E-state index contributed by atoms with van der Waals surface area (Å²) in [5.74, 6) is 0.00780. The zero-order valence-corrected chi connectivity index (χ0v) is 15.0. The molecule has 2 aromatic carbocycles. The summed E-state index contributed by atoms with van der Waals surface area (Å²) in [7, 11) is 0. The van der Waals surface area contributed by atoms with Gasteiger partial charge in [0.2, 0.25) is 0 Å². The van der Waals surface area contributed by atoms with E-state index in [2.05, 4.69) is 25.2 Å². The van der Waals surface area contributed by atoms with Crippen LogP contribution in [0.15, 0.2) is 47.4 Å². The predicted molar refractivity (Wildman–Crippen MR) is 101 cm³/mol. The molecule has 3 nitrogen and oxygen atoms in total. The molecule has 1 aliphatic rings. The molecule has 1 aliphatic carbocycles. The van der Waals surface area contributed by atoms with E-state index in [0.29, 0.717) is 5.25 Å². The summed E-state index contributed by atoms with van der Waals surface area (Å²) in [4.78, 5) is 13.9. The van der Waals surface area contributed by atoms with Crippen LogP contribution in [0, 0.1) is 0 Å². The number of nitrogen functional groups attached to an aromatic ring is 1. The lowest BCUT2D eigenvalue weighted by Gasteiger charge is -2.27. The number of rotatable bonds is 4. The van der Waals surface area contributed by atoms with Crippen molar-refractivity contribution in [3.05, 3.63) is 59.2 Å². The van der Waals surface area contributed by atoms with Crippen LogP contribution in [0.1, 0.15) is 54.2 Å². The molecule has 0 radical (unpaired) electrons. The van der Waals surface area contributed by atoms with Gasteiger partial charge in [0.05, 0.1) is 11.6 Å². The van der Waals surface area contributed by atoms with Crippen molar-refractivity contribution in [2.45, 2.75) is 49.3 Å². The SMILES string of the molecule is CC(C)Sc1ccccc1C(=O)NC1CCCc2cc(N)ccc21. The van der Waals surface area contributed by atoms with E-state index < -0.39 is 0 Å². The molecule has 126 valence electrons. The van der Waals surface area contributed by atoms with Gasteiger partial charge < -0.3 is 11.1 Å². The van der Waals surface area contributed by atoms with Crippen LogP contribution in [0.5, 0.6) is 0 Å². The van der Waals surface area contributed by atoms with Crippen LogP contribution in [0.2, 0.25) is 0 Å². The quantitative estimate of drug-likeness (QED) is 0.633. The maximum atomic E-state index is 12.8. The summed E-state index contributed by atoms with van der Waals surface area (Å²) in [6.07, 6.45) is 3.08. The van der Waals surface area contributed by atoms with Crippen molar-refractivity contribution in [3.8, 4) is 0 Å². The standard InChI is InChI=1S/C20H24N2OS/c1-13(2)24-19-9-4-3-7-17(19)20(23)22-18-8-5-6-14-12-15(21)10-11-16(14)18/h3-4,7,9-13,18H,5-6,8,21H2,1-2H3,(H,22,23). The molecule has 3 N–H and O–H groups in total. The Hall–Kier alpha value is -1.94. The number of carbonyl (C=O) groups is 1. The van der Waals surface area contributed by atoms with Crippen molar-refractivity contribution in [2.75, 3.05) is 5.73 Å². The smallest absolute Gasteiger partial charge is 0.252 e. The van der Waals surface area contributed by atoms with E-state index in [1.54, 1.807) is 11.8 Å². The molecule has 0 aliphatic heterocycles. The largest absolute Gasteiger partial charge is 0.399 e. The van der Waals surface area contributed by atoms with Gasteiger partial charge in [0.1, 0.15) is 0 Å². The zero-order chi connectivity index (χ0) is 17.1. The van der Waals surface area contributed by atoms with Gasteiger partial charge in [-0.2, -0.15) is 0 Å². The van der Waals surface area contributed by atoms with Gasteiger partial charge in [-0.15, -0.1) is 11.8 Å².